The molecule has 0 aliphatic heterocycles. The second-order valence-electron chi connectivity index (χ2n) is 7.65. The zero-order valence-electron chi connectivity index (χ0n) is 17.3. The Balaban J connectivity index is 1.89. The summed E-state index contributed by atoms with van der Waals surface area (Å²) >= 11 is 0. The van der Waals surface area contributed by atoms with Gasteiger partial charge in [0, 0.05) is 20.6 Å². The van der Waals surface area contributed by atoms with Crippen LogP contribution in [0.3, 0.4) is 0 Å². The number of hydrogen-bond donors (Lipinski definition) is 4. The number of nitrogens with one attached hydrogen (secondary N) is 3. The molecule has 0 saturated carbocycles. The molecule has 4 N–H and O–H groups in total. The number of carbonyl (C=O) groups is 1. The van der Waals surface area contributed by atoms with E-state index in [1.165, 1.54) is 17.0 Å². The fraction of sp³-hybridized carbons (Fsp3) is 0.333. The van der Waals surface area contributed by atoms with Gasteiger partial charge in [0.25, 0.3) is 0 Å². The lowest BCUT2D eigenvalue weighted by atomic mass is 9.91. The van der Waals surface area contributed by atoms with Crippen molar-refractivity contribution in [2.45, 2.75) is 25.2 Å². The lowest BCUT2D eigenvalue weighted by Crippen LogP contribution is -2.36. The number of aliphatic hydroxyl groups is 1. The lowest BCUT2D eigenvalue weighted by molar-refractivity contribution is -0.137. The third kappa shape index (κ3) is 4.91. The number of carbonyl (C=O) groups excluding carboxylic acids is 1. The van der Waals surface area contributed by atoms with Crippen molar-refractivity contribution in [3.05, 3.63) is 59.2 Å². The molecule has 2 aromatic carbocycles. The number of aliphatic hydroxyl groups excluding tert-OH is 1. The summed E-state index contributed by atoms with van der Waals surface area (Å²) in [5, 5.41) is 15.8. The zero-order chi connectivity index (χ0) is 22.8. The quantitative estimate of drug-likeness (QED) is 0.475. The molecule has 166 valence electrons. The number of halogens is 3. The van der Waals surface area contributed by atoms with Gasteiger partial charge in [-0.15, -0.1) is 0 Å². The molecule has 0 fully saturated rings. The summed E-state index contributed by atoms with van der Waals surface area (Å²) in [4.78, 5) is 20.8. The zero-order valence-corrected chi connectivity index (χ0v) is 17.3. The number of rotatable bonds is 6. The topological polar surface area (TPSA) is 93.3 Å². The molecule has 0 aliphatic rings. The average Bonchev–Trinajstić information content (AvgIpc) is 3.13. The van der Waals surface area contributed by atoms with Crippen LogP contribution in [0.25, 0.3) is 11.0 Å². The predicted molar refractivity (Wildman–Crippen MR) is 112 cm³/mol. The van der Waals surface area contributed by atoms with Crippen LogP contribution in [0.1, 0.15) is 23.6 Å². The molecule has 0 bridgehead atoms. The van der Waals surface area contributed by atoms with Crippen molar-refractivity contribution in [3.63, 3.8) is 0 Å². The van der Waals surface area contributed by atoms with E-state index in [0.717, 1.165) is 17.7 Å². The number of aromatic nitrogens is 2. The molecule has 10 heteroatoms. The first-order valence-electron chi connectivity index (χ1n) is 9.53. The Morgan fingerprint density at radius 2 is 1.84 bits per heavy atom. The van der Waals surface area contributed by atoms with Crippen LogP contribution in [0.15, 0.2) is 42.5 Å². The van der Waals surface area contributed by atoms with E-state index in [1.807, 2.05) is 6.07 Å². The fourth-order valence-electron chi connectivity index (χ4n) is 3.13. The first-order valence-corrected chi connectivity index (χ1v) is 9.53. The van der Waals surface area contributed by atoms with Gasteiger partial charge in [-0.05, 0) is 36.2 Å². The lowest BCUT2D eigenvalue weighted by Gasteiger charge is -2.29. The molecule has 0 saturated heterocycles. The van der Waals surface area contributed by atoms with Gasteiger partial charge in [-0.25, -0.2) is 9.78 Å². The minimum Gasteiger partial charge on any atom is -0.394 e. The number of fused-ring (bicyclic) bond motifs is 1. The molecule has 1 atom stereocenters. The largest absolute Gasteiger partial charge is 0.416 e. The van der Waals surface area contributed by atoms with E-state index >= 15 is 0 Å². The maximum Gasteiger partial charge on any atom is 0.416 e. The van der Waals surface area contributed by atoms with Gasteiger partial charge in [0.15, 0.2) is 0 Å². The van der Waals surface area contributed by atoms with Crippen molar-refractivity contribution in [2.75, 3.05) is 26.0 Å². The highest BCUT2D eigenvalue weighted by Gasteiger charge is 2.34. The number of alkyl halides is 3. The number of para-hydroxylation sites is 1. The van der Waals surface area contributed by atoms with Crippen LogP contribution < -0.4 is 10.6 Å². The van der Waals surface area contributed by atoms with E-state index in [9.17, 15) is 23.1 Å². The van der Waals surface area contributed by atoms with Crippen molar-refractivity contribution < 1.29 is 23.1 Å². The van der Waals surface area contributed by atoms with E-state index in [0.29, 0.717) is 11.0 Å². The predicted octanol–water partition coefficient (Wildman–Crippen LogP) is 3.67. The van der Waals surface area contributed by atoms with Gasteiger partial charge in [-0.2, -0.15) is 13.2 Å². The Morgan fingerprint density at radius 1 is 1.16 bits per heavy atom. The van der Waals surface area contributed by atoms with Crippen LogP contribution in [0.2, 0.25) is 0 Å². The molecule has 0 aliphatic carbocycles. The SMILES string of the molecule is CN(C)C(=O)NCc1cccc2[nH]c(NC(C)(CO)c3cccc(C(F)(F)F)c3)nc12. The Bertz CT molecular complexity index is 1080. The van der Waals surface area contributed by atoms with Gasteiger partial charge in [-0.3, -0.25) is 0 Å². The Kier molecular flexibility index (Phi) is 6.12. The molecule has 0 radical (unpaired) electrons. The number of amides is 2. The summed E-state index contributed by atoms with van der Waals surface area (Å²) in [7, 11) is 3.27. The first-order chi connectivity index (χ1) is 14.5. The monoisotopic (exact) mass is 435 g/mol. The maximum atomic E-state index is 13.1. The number of H-pyrrole nitrogens is 1. The Labute approximate surface area is 177 Å². The van der Waals surface area contributed by atoms with Crippen molar-refractivity contribution >= 4 is 23.0 Å². The maximum absolute atomic E-state index is 13.1. The van der Waals surface area contributed by atoms with Crippen LogP contribution in [-0.2, 0) is 18.3 Å². The van der Waals surface area contributed by atoms with E-state index in [1.54, 1.807) is 33.2 Å². The third-order valence-electron chi connectivity index (χ3n) is 4.97. The van der Waals surface area contributed by atoms with Gasteiger partial charge < -0.3 is 25.6 Å². The third-order valence-corrected chi connectivity index (χ3v) is 4.97. The van der Waals surface area contributed by atoms with Gasteiger partial charge in [-0.1, -0.05) is 24.3 Å². The Morgan fingerprint density at radius 3 is 2.48 bits per heavy atom. The van der Waals surface area contributed by atoms with Crippen molar-refractivity contribution in [1.29, 1.82) is 0 Å². The molecule has 3 rings (SSSR count). The summed E-state index contributed by atoms with van der Waals surface area (Å²) in [6.45, 7) is 1.38. The number of urea groups is 1. The molecule has 1 unspecified atom stereocenters. The average molecular weight is 435 g/mol. The highest BCUT2D eigenvalue weighted by Crippen LogP contribution is 2.33. The van der Waals surface area contributed by atoms with Gasteiger partial charge in [0.2, 0.25) is 5.95 Å². The number of imidazole rings is 1. The molecule has 31 heavy (non-hydrogen) atoms. The van der Waals surface area contributed by atoms with E-state index < -0.39 is 23.9 Å². The first kappa shape index (κ1) is 22.4. The molecule has 1 aromatic heterocycles. The second-order valence-corrected chi connectivity index (χ2v) is 7.65. The highest BCUT2D eigenvalue weighted by atomic mass is 19.4. The van der Waals surface area contributed by atoms with Crippen LogP contribution in [0.4, 0.5) is 23.9 Å². The number of hydrogen-bond acceptors (Lipinski definition) is 4. The normalized spacial score (nSPS) is 13.6. The summed E-state index contributed by atoms with van der Waals surface area (Å²) < 4.78 is 39.3. The molecule has 0 spiro atoms. The van der Waals surface area contributed by atoms with Crippen LogP contribution >= 0.6 is 0 Å². The van der Waals surface area contributed by atoms with Crippen LogP contribution in [-0.4, -0.2) is 46.7 Å². The standard InChI is InChI=1S/C21H24F3N5O2/c1-20(12-30,14-7-5-8-15(10-14)21(22,23)24)28-18-26-16-9-4-6-13(17(16)27-18)11-25-19(31)29(2)3/h4-10,30H,11-12H2,1-3H3,(H,25,31)(H2,26,27,28). The van der Waals surface area contributed by atoms with Gasteiger partial charge in [0.1, 0.15) is 0 Å². The molecule has 3 aromatic rings. The number of benzene rings is 2. The van der Waals surface area contributed by atoms with Crippen molar-refractivity contribution in [2.24, 2.45) is 0 Å². The minimum absolute atomic E-state index is 0.247. The van der Waals surface area contributed by atoms with Gasteiger partial charge >= 0.3 is 12.2 Å². The summed E-state index contributed by atoms with van der Waals surface area (Å²) in [6, 6.07) is 9.99. The molecular weight excluding hydrogens is 411 g/mol. The van der Waals surface area contributed by atoms with Crippen LogP contribution in [0.5, 0.6) is 0 Å². The fourth-order valence-corrected chi connectivity index (χ4v) is 3.13. The van der Waals surface area contributed by atoms with E-state index in [-0.39, 0.29) is 24.1 Å². The smallest absolute Gasteiger partial charge is 0.394 e. The summed E-state index contributed by atoms with van der Waals surface area (Å²) in [5.41, 5.74) is 0.311. The van der Waals surface area contributed by atoms with Crippen molar-refractivity contribution in [3.8, 4) is 0 Å². The molecule has 2 amide bonds. The minimum atomic E-state index is -4.49. The van der Waals surface area contributed by atoms with Crippen molar-refractivity contribution in [1.82, 2.24) is 20.2 Å². The summed E-state index contributed by atoms with van der Waals surface area (Å²) in [5.74, 6) is 0.287. The van der Waals surface area contributed by atoms with Gasteiger partial charge in [0.05, 0.1) is 28.7 Å². The highest BCUT2D eigenvalue weighted by molar-refractivity contribution is 5.82. The van der Waals surface area contributed by atoms with Crippen LogP contribution in [0, 0.1) is 0 Å². The summed E-state index contributed by atoms with van der Waals surface area (Å²) in [6.07, 6.45) is -4.49. The second kappa shape index (κ2) is 8.46. The van der Waals surface area contributed by atoms with E-state index in [2.05, 4.69) is 20.6 Å². The molecule has 1 heterocycles. The van der Waals surface area contributed by atoms with E-state index in [4.69, 9.17) is 0 Å². The molecule has 7 nitrogen and oxygen atoms in total. The number of aromatic amines is 1. The molecular formula is C21H24F3N5O2. The number of anilines is 1. The number of nitrogens with zero attached hydrogens (tertiary/aromatic N) is 2. The Hall–Kier alpha value is -3.27.